The SMILES string of the molecule is NC(=O)c1cnccc1NCCNC(=O)Cc1cccc(F)c1. The lowest BCUT2D eigenvalue weighted by molar-refractivity contribution is -0.120. The molecular weight excluding hydrogens is 299 g/mol. The Kier molecular flexibility index (Phi) is 5.62. The van der Waals surface area contributed by atoms with Gasteiger partial charge in [0.15, 0.2) is 0 Å². The monoisotopic (exact) mass is 316 g/mol. The molecule has 7 heteroatoms. The highest BCUT2D eigenvalue weighted by Gasteiger charge is 2.07. The summed E-state index contributed by atoms with van der Waals surface area (Å²) in [6, 6.07) is 7.55. The molecule has 0 saturated heterocycles. The number of hydrogen-bond donors (Lipinski definition) is 3. The average Bonchev–Trinajstić information content (AvgIpc) is 2.52. The molecule has 0 aliphatic rings. The summed E-state index contributed by atoms with van der Waals surface area (Å²) in [7, 11) is 0. The molecule has 2 rings (SSSR count). The number of carbonyl (C=O) groups excluding carboxylic acids is 2. The molecule has 4 N–H and O–H groups in total. The first kappa shape index (κ1) is 16.4. The van der Waals surface area contributed by atoms with E-state index in [2.05, 4.69) is 15.6 Å². The fourth-order valence-corrected chi connectivity index (χ4v) is 2.04. The summed E-state index contributed by atoms with van der Waals surface area (Å²) in [5.74, 6) is -1.15. The predicted molar refractivity (Wildman–Crippen MR) is 84.4 cm³/mol. The van der Waals surface area contributed by atoms with Gasteiger partial charge in [-0.3, -0.25) is 14.6 Å². The van der Waals surface area contributed by atoms with Crippen LogP contribution in [0.3, 0.4) is 0 Å². The number of rotatable bonds is 7. The molecule has 0 spiro atoms. The summed E-state index contributed by atoms with van der Waals surface area (Å²) in [6.45, 7) is 0.772. The standard InChI is InChI=1S/C16H17FN4O2/c17-12-3-1-2-11(8-12)9-15(22)21-7-6-20-14-4-5-19-10-13(14)16(18)23/h1-5,8,10H,6-7,9H2,(H2,18,23)(H,19,20)(H,21,22). The van der Waals surface area contributed by atoms with Crippen LogP contribution in [0.15, 0.2) is 42.7 Å². The molecule has 0 radical (unpaired) electrons. The zero-order valence-corrected chi connectivity index (χ0v) is 12.4. The number of carbonyl (C=O) groups is 2. The van der Waals surface area contributed by atoms with Crippen LogP contribution in [0.2, 0.25) is 0 Å². The molecule has 1 aromatic carbocycles. The van der Waals surface area contributed by atoms with Crippen LogP contribution in [-0.4, -0.2) is 29.9 Å². The maximum atomic E-state index is 13.0. The molecule has 0 atom stereocenters. The van der Waals surface area contributed by atoms with Crippen molar-refractivity contribution in [2.75, 3.05) is 18.4 Å². The summed E-state index contributed by atoms with van der Waals surface area (Å²) in [6.07, 6.45) is 3.03. The van der Waals surface area contributed by atoms with Crippen LogP contribution in [0.5, 0.6) is 0 Å². The van der Waals surface area contributed by atoms with Gasteiger partial charge in [-0.15, -0.1) is 0 Å². The maximum absolute atomic E-state index is 13.0. The third kappa shape index (κ3) is 5.06. The van der Waals surface area contributed by atoms with Gasteiger partial charge in [0, 0.05) is 25.5 Å². The first-order valence-electron chi connectivity index (χ1n) is 7.05. The lowest BCUT2D eigenvalue weighted by Crippen LogP contribution is -2.30. The van der Waals surface area contributed by atoms with Gasteiger partial charge in [-0.1, -0.05) is 12.1 Å². The number of nitrogens with two attached hydrogens (primary N) is 1. The molecule has 2 amide bonds. The van der Waals surface area contributed by atoms with Crippen LogP contribution in [0, 0.1) is 5.82 Å². The van der Waals surface area contributed by atoms with E-state index in [1.165, 1.54) is 24.5 Å². The van der Waals surface area contributed by atoms with Crippen LogP contribution in [0.1, 0.15) is 15.9 Å². The van der Waals surface area contributed by atoms with Crippen LogP contribution >= 0.6 is 0 Å². The van der Waals surface area contributed by atoms with Crippen molar-refractivity contribution in [1.29, 1.82) is 0 Å². The normalized spacial score (nSPS) is 10.1. The number of amides is 2. The zero-order valence-electron chi connectivity index (χ0n) is 12.4. The average molecular weight is 316 g/mol. The molecule has 0 bridgehead atoms. The van der Waals surface area contributed by atoms with E-state index in [1.54, 1.807) is 18.2 Å². The second-order valence-electron chi connectivity index (χ2n) is 4.87. The van der Waals surface area contributed by atoms with Crippen molar-refractivity contribution < 1.29 is 14.0 Å². The van der Waals surface area contributed by atoms with Crippen LogP contribution in [0.25, 0.3) is 0 Å². The van der Waals surface area contributed by atoms with Gasteiger partial charge in [0.05, 0.1) is 17.7 Å². The van der Waals surface area contributed by atoms with Gasteiger partial charge in [0.2, 0.25) is 5.91 Å². The van der Waals surface area contributed by atoms with E-state index in [0.717, 1.165) is 0 Å². The van der Waals surface area contributed by atoms with E-state index in [0.29, 0.717) is 29.9 Å². The molecule has 0 aliphatic carbocycles. The lowest BCUT2D eigenvalue weighted by atomic mass is 10.1. The zero-order chi connectivity index (χ0) is 16.7. The highest BCUT2D eigenvalue weighted by molar-refractivity contribution is 5.98. The first-order chi connectivity index (χ1) is 11.1. The van der Waals surface area contributed by atoms with Gasteiger partial charge >= 0.3 is 0 Å². The van der Waals surface area contributed by atoms with Crippen molar-refractivity contribution in [3.63, 3.8) is 0 Å². The number of aromatic nitrogens is 1. The van der Waals surface area contributed by atoms with E-state index >= 15 is 0 Å². The highest BCUT2D eigenvalue weighted by atomic mass is 19.1. The Morgan fingerprint density at radius 2 is 2.04 bits per heavy atom. The molecule has 2 aromatic rings. The fourth-order valence-electron chi connectivity index (χ4n) is 2.04. The molecule has 23 heavy (non-hydrogen) atoms. The Labute approximate surface area is 132 Å². The molecule has 0 aliphatic heterocycles. The number of anilines is 1. The topological polar surface area (TPSA) is 97.1 Å². The second kappa shape index (κ2) is 7.88. The van der Waals surface area contributed by atoms with Crippen molar-refractivity contribution in [2.45, 2.75) is 6.42 Å². The summed E-state index contributed by atoms with van der Waals surface area (Å²) in [5.41, 5.74) is 6.71. The summed E-state index contributed by atoms with van der Waals surface area (Å²) in [4.78, 5) is 26.8. The number of hydrogen-bond acceptors (Lipinski definition) is 4. The minimum Gasteiger partial charge on any atom is -0.383 e. The maximum Gasteiger partial charge on any atom is 0.252 e. The largest absolute Gasteiger partial charge is 0.383 e. The van der Waals surface area contributed by atoms with Gasteiger partial charge in [0.1, 0.15) is 5.82 Å². The van der Waals surface area contributed by atoms with Crippen molar-refractivity contribution in [2.24, 2.45) is 5.73 Å². The molecule has 6 nitrogen and oxygen atoms in total. The molecule has 0 saturated carbocycles. The number of pyridine rings is 1. The highest BCUT2D eigenvalue weighted by Crippen LogP contribution is 2.11. The summed E-state index contributed by atoms with van der Waals surface area (Å²) >= 11 is 0. The Hall–Kier alpha value is -2.96. The minimum absolute atomic E-state index is 0.111. The van der Waals surface area contributed by atoms with Gasteiger partial charge in [-0.05, 0) is 23.8 Å². The van der Waals surface area contributed by atoms with Crippen molar-refractivity contribution >= 4 is 17.5 Å². The third-order valence-electron chi connectivity index (χ3n) is 3.10. The Balaban J connectivity index is 1.77. The Morgan fingerprint density at radius 3 is 2.78 bits per heavy atom. The van der Waals surface area contributed by atoms with Crippen LogP contribution in [-0.2, 0) is 11.2 Å². The van der Waals surface area contributed by atoms with Crippen molar-refractivity contribution in [3.05, 3.63) is 59.7 Å². The van der Waals surface area contributed by atoms with Crippen molar-refractivity contribution in [1.82, 2.24) is 10.3 Å². The second-order valence-corrected chi connectivity index (χ2v) is 4.87. The number of halogens is 1. The van der Waals surface area contributed by atoms with Crippen molar-refractivity contribution in [3.8, 4) is 0 Å². The molecule has 120 valence electrons. The van der Waals surface area contributed by atoms with E-state index in [1.807, 2.05) is 0 Å². The summed E-state index contributed by atoms with van der Waals surface area (Å²) < 4.78 is 13.0. The number of nitrogens with one attached hydrogen (secondary N) is 2. The molecule has 1 heterocycles. The Bertz CT molecular complexity index is 706. The van der Waals surface area contributed by atoms with Gasteiger partial charge in [0.25, 0.3) is 5.91 Å². The van der Waals surface area contributed by atoms with Gasteiger partial charge < -0.3 is 16.4 Å². The van der Waals surface area contributed by atoms with E-state index in [-0.39, 0.29) is 18.1 Å². The molecular formula is C16H17FN4O2. The Morgan fingerprint density at radius 1 is 1.22 bits per heavy atom. The molecule has 1 aromatic heterocycles. The van der Waals surface area contributed by atoms with E-state index < -0.39 is 5.91 Å². The van der Waals surface area contributed by atoms with Gasteiger partial charge in [-0.2, -0.15) is 0 Å². The quantitative estimate of drug-likeness (QED) is 0.666. The molecule has 0 unspecified atom stereocenters. The van der Waals surface area contributed by atoms with E-state index in [9.17, 15) is 14.0 Å². The number of primary amides is 1. The first-order valence-corrected chi connectivity index (χ1v) is 7.05. The van der Waals surface area contributed by atoms with E-state index in [4.69, 9.17) is 5.73 Å². The number of nitrogens with zero attached hydrogens (tertiary/aromatic N) is 1. The minimum atomic E-state index is -0.573. The van der Waals surface area contributed by atoms with Gasteiger partial charge in [-0.25, -0.2) is 4.39 Å². The number of benzene rings is 1. The smallest absolute Gasteiger partial charge is 0.252 e. The fraction of sp³-hybridized carbons (Fsp3) is 0.188. The summed E-state index contributed by atoms with van der Waals surface area (Å²) in [5, 5.41) is 5.72. The van der Waals surface area contributed by atoms with Crippen LogP contribution in [0.4, 0.5) is 10.1 Å². The third-order valence-corrected chi connectivity index (χ3v) is 3.10. The predicted octanol–water partition coefficient (Wildman–Crippen LogP) is 1.09. The lowest BCUT2D eigenvalue weighted by Gasteiger charge is -2.10. The molecule has 0 fully saturated rings. The van der Waals surface area contributed by atoms with Crippen LogP contribution < -0.4 is 16.4 Å².